The molecule has 156 valence electrons. The van der Waals surface area contributed by atoms with E-state index in [2.05, 4.69) is 0 Å². The highest BCUT2D eigenvalue weighted by Crippen LogP contribution is 2.43. The molecule has 3 aromatic carbocycles. The van der Waals surface area contributed by atoms with E-state index in [0.717, 1.165) is 22.3 Å². The molecule has 30 heavy (non-hydrogen) atoms. The van der Waals surface area contributed by atoms with Gasteiger partial charge in [0.15, 0.2) is 11.5 Å². The Balaban J connectivity index is 1.89. The maximum Gasteiger partial charge on any atom is 0.243 e. The molecule has 0 saturated carbocycles. The van der Waals surface area contributed by atoms with Crippen molar-refractivity contribution in [1.29, 1.82) is 0 Å². The first-order valence-corrected chi connectivity index (χ1v) is 11.3. The number of aryl methyl sites for hydroxylation is 1. The van der Waals surface area contributed by atoms with Gasteiger partial charge in [-0.25, -0.2) is 8.42 Å². The van der Waals surface area contributed by atoms with Crippen LogP contribution in [0.5, 0.6) is 11.5 Å². The third kappa shape index (κ3) is 3.57. The van der Waals surface area contributed by atoms with E-state index in [0.29, 0.717) is 29.4 Å². The van der Waals surface area contributed by atoms with Crippen LogP contribution in [-0.4, -0.2) is 33.5 Å². The van der Waals surface area contributed by atoms with Gasteiger partial charge in [-0.2, -0.15) is 4.31 Å². The minimum atomic E-state index is -3.69. The lowest BCUT2D eigenvalue weighted by Gasteiger charge is -2.37. The summed E-state index contributed by atoms with van der Waals surface area (Å²) >= 11 is 0. The normalized spacial score (nSPS) is 16.7. The van der Waals surface area contributed by atoms with E-state index < -0.39 is 16.1 Å². The summed E-state index contributed by atoms with van der Waals surface area (Å²) in [6.45, 7) is 2.33. The van der Waals surface area contributed by atoms with Crippen LogP contribution >= 0.6 is 0 Å². The van der Waals surface area contributed by atoms with Crippen molar-refractivity contribution in [3.8, 4) is 11.5 Å². The number of methoxy groups -OCH3 is 2. The first kappa shape index (κ1) is 20.4. The number of benzene rings is 3. The lowest BCUT2D eigenvalue weighted by Crippen LogP contribution is -2.40. The first-order valence-electron chi connectivity index (χ1n) is 9.84. The molecule has 0 amide bonds. The molecule has 0 radical (unpaired) electrons. The molecule has 0 saturated heterocycles. The molecule has 1 heterocycles. The molecule has 0 aromatic heterocycles. The van der Waals surface area contributed by atoms with Crippen molar-refractivity contribution >= 4 is 10.0 Å². The van der Waals surface area contributed by atoms with Crippen LogP contribution in [0.2, 0.25) is 0 Å². The van der Waals surface area contributed by atoms with Crippen molar-refractivity contribution in [3.63, 3.8) is 0 Å². The van der Waals surface area contributed by atoms with Gasteiger partial charge in [-0.1, -0.05) is 48.0 Å². The van der Waals surface area contributed by atoms with E-state index in [1.165, 1.54) is 0 Å². The summed E-state index contributed by atoms with van der Waals surface area (Å²) < 4.78 is 39.9. The van der Waals surface area contributed by atoms with E-state index in [4.69, 9.17) is 9.47 Å². The fourth-order valence-electron chi connectivity index (χ4n) is 4.01. The van der Waals surface area contributed by atoms with E-state index >= 15 is 0 Å². The molecule has 0 spiro atoms. The molecule has 6 heteroatoms. The minimum Gasteiger partial charge on any atom is -0.493 e. The molecule has 3 aromatic rings. The van der Waals surface area contributed by atoms with Gasteiger partial charge in [0.1, 0.15) is 0 Å². The third-order valence-electron chi connectivity index (χ3n) is 5.57. The van der Waals surface area contributed by atoms with Gasteiger partial charge in [0.25, 0.3) is 0 Å². The molecule has 1 atom stereocenters. The third-order valence-corrected chi connectivity index (χ3v) is 7.45. The maximum absolute atomic E-state index is 13.6. The Morgan fingerprint density at radius 3 is 2.17 bits per heavy atom. The van der Waals surface area contributed by atoms with Gasteiger partial charge in [-0.3, -0.25) is 0 Å². The zero-order valence-electron chi connectivity index (χ0n) is 17.3. The number of sulfonamides is 1. The molecule has 1 aliphatic heterocycles. The Labute approximate surface area is 177 Å². The molecule has 0 aliphatic carbocycles. The van der Waals surface area contributed by atoms with E-state index in [9.17, 15) is 8.42 Å². The zero-order chi connectivity index (χ0) is 21.3. The van der Waals surface area contributed by atoms with Crippen LogP contribution in [0.3, 0.4) is 0 Å². The standard InChI is InChI=1S/C24H25NO4S/c1-17-9-11-20(12-10-17)30(26,27)25-14-13-19-15-22(28-2)23(29-3)16-21(19)24(25)18-7-5-4-6-8-18/h4-12,15-16,24H,13-14H2,1-3H3. The summed E-state index contributed by atoms with van der Waals surface area (Å²) in [6.07, 6.45) is 0.601. The molecule has 1 aliphatic rings. The van der Waals surface area contributed by atoms with Crippen molar-refractivity contribution in [2.45, 2.75) is 24.3 Å². The van der Waals surface area contributed by atoms with Gasteiger partial charge in [0.2, 0.25) is 10.0 Å². The van der Waals surface area contributed by atoms with E-state index in [1.54, 1.807) is 30.7 Å². The van der Waals surface area contributed by atoms with Crippen LogP contribution in [-0.2, 0) is 16.4 Å². The van der Waals surface area contributed by atoms with Crippen molar-refractivity contribution in [2.24, 2.45) is 0 Å². The largest absolute Gasteiger partial charge is 0.493 e. The summed E-state index contributed by atoms with van der Waals surface area (Å²) in [7, 11) is -0.497. The number of rotatable bonds is 5. The van der Waals surface area contributed by atoms with Crippen molar-refractivity contribution in [1.82, 2.24) is 4.31 Å². The Kier molecular flexibility index (Phi) is 5.54. The number of ether oxygens (including phenoxy) is 2. The summed E-state index contributed by atoms with van der Waals surface area (Å²) in [5.74, 6) is 1.24. The average molecular weight is 424 g/mol. The number of hydrogen-bond acceptors (Lipinski definition) is 4. The fraction of sp³-hybridized carbons (Fsp3) is 0.250. The highest BCUT2D eigenvalue weighted by molar-refractivity contribution is 7.89. The second kappa shape index (κ2) is 8.13. The molecule has 0 N–H and O–H groups in total. The van der Waals surface area contributed by atoms with Gasteiger partial charge in [-0.15, -0.1) is 0 Å². The van der Waals surface area contributed by atoms with Crippen LogP contribution in [0.1, 0.15) is 28.3 Å². The average Bonchev–Trinajstić information content (AvgIpc) is 2.78. The summed E-state index contributed by atoms with van der Waals surface area (Å²) in [5.41, 5.74) is 3.92. The van der Waals surface area contributed by atoms with Gasteiger partial charge in [-0.05, 0) is 54.3 Å². The Morgan fingerprint density at radius 2 is 1.53 bits per heavy atom. The molecule has 5 nitrogen and oxygen atoms in total. The van der Waals surface area contributed by atoms with Gasteiger partial charge >= 0.3 is 0 Å². The van der Waals surface area contributed by atoms with E-state index in [1.807, 2.05) is 61.5 Å². The fourth-order valence-corrected chi connectivity index (χ4v) is 5.60. The van der Waals surface area contributed by atoms with Crippen molar-refractivity contribution in [2.75, 3.05) is 20.8 Å². The number of fused-ring (bicyclic) bond motifs is 1. The zero-order valence-corrected chi connectivity index (χ0v) is 18.1. The smallest absolute Gasteiger partial charge is 0.243 e. The topological polar surface area (TPSA) is 55.8 Å². The van der Waals surface area contributed by atoms with Crippen molar-refractivity contribution in [3.05, 3.63) is 89.0 Å². The lowest BCUT2D eigenvalue weighted by atomic mass is 9.89. The summed E-state index contributed by atoms with van der Waals surface area (Å²) in [5, 5.41) is 0. The lowest BCUT2D eigenvalue weighted by molar-refractivity contribution is 0.332. The first-order chi connectivity index (χ1) is 14.5. The number of nitrogens with zero attached hydrogens (tertiary/aromatic N) is 1. The quantitative estimate of drug-likeness (QED) is 0.612. The van der Waals surface area contributed by atoms with Gasteiger partial charge in [0.05, 0.1) is 25.2 Å². The summed E-state index contributed by atoms with van der Waals surface area (Å²) in [6, 6.07) is 20.2. The molecule has 0 fully saturated rings. The Hall–Kier alpha value is -2.83. The van der Waals surface area contributed by atoms with Crippen LogP contribution in [0.4, 0.5) is 0 Å². The molecular weight excluding hydrogens is 398 g/mol. The Morgan fingerprint density at radius 1 is 0.900 bits per heavy atom. The Bertz CT molecular complexity index is 1140. The van der Waals surface area contributed by atoms with Crippen molar-refractivity contribution < 1.29 is 17.9 Å². The maximum atomic E-state index is 13.6. The van der Waals surface area contributed by atoms with Crippen LogP contribution in [0.25, 0.3) is 0 Å². The summed E-state index contributed by atoms with van der Waals surface area (Å²) in [4.78, 5) is 0.304. The second-order valence-corrected chi connectivity index (χ2v) is 9.29. The SMILES string of the molecule is COc1cc2c(cc1OC)C(c1ccccc1)N(S(=O)(=O)c1ccc(C)cc1)CC2. The van der Waals surface area contributed by atoms with Crippen LogP contribution in [0.15, 0.2) is 71.6 Å². The number of hydrogen-bond donors (Lipinski definition) is 0. The highest BCUT2D eigenvalue weighted by Gasteiger charge is 2.38. The predicted molar refractivity (Wildman–Crippen MR) is 117 cm³/mol. The highest BCUT2D eigenvalue weighted by atomic mass is 32.2. The molecule has 0 bridgehead atoms. The molecular formula is C24H25NO4S. The molecule has 4 rings (SSSR count). The monoisotopic (exact) mass is 423 g/mol. The van der Waals surface area contributed by atoms with Crippen LogP contribution < -0.4 is 9.47 Å². The predicted octanol–water partition coefficient (Wildman–Crippen LogP) is 4.35. The van der Waals surface area contributed by atoms with Gasteiger partial charge in [0, 0.05) is 6.54 Å². The molecule has 1 unspecified atom stereocenters. The van der Waals surface area contributed by atoms with Gasteiger partial charge < -0.3 is 9.47 Å². The van der Waals surface area contributed by atoms with Crippen LogP contribution in [0, 0.1) is 6.92 Å². The van der Waals surface area contributed by atoms with E-state index in [-0.39, 0.29) is 0 Å². The minimum absolute atomic E-state index is 0.304. The second-order valence-electron chi connectivity index (χ2n) is 7.40.